The lowest BCUT2D eigenvalue weighted by Gasteiger charge is -2.05. The van der Waals surface area contributed by atoms with Gasteiger partial charge in [0.2, 0.25) is 0 Å². The fourth-order valence-corrected chi connectivity index (χ4v) is 0.719. The first kappa shape index (κ1) is 11.2. The topological polar surface area (TPSA) is 26.3 Å². The van der Waals surface area contributed by atoms with E-state index in [0.29, 0.717) is 12.8 Å². The molecule has 0 spiro atoms. The number of ether oxygens (including phenoxy) is 1. The molecule has 0 saturated heterocycles. The molecule has 0 bridgehead atoms. The first-order valence-electron chi connectivity index (χ1n) is 4.23. The summed E-state index contributed by atoms with van der Waals surface area (Å²) in [5.74, 6) is 2.63. The summed E-state index contributed by atoms with van der Waals surface area (Å²) in [6.45, 7) is 4.05. The predicted molar refractivity (Wildman–Crippen MR) is 48.8 cm³/mol. The fraction of sp³-hybridized carbons (Fsp3) is 0.700. The van der Waals surface area contributed by atoms with E-state index in [9.17, 15) is 4.79 Å². The molecule has 0 aliphatic carbocycles. The van der Waals surface area contributed by atoms with Gasteiger partial charge in [-0.25, -0.2) is 0 Å². The molecule has 0 aromatic carbocycles. The Hall–Kier alpha value is -0.810. The van der Waals surface area contributed by atoms with Gasteiger partial charge in [-0.1, -0.05) is 0 Å². The van der Waals surface area contributed by atoms with Crippen molar-refractivity contribution in [3.63, 3.8) is 0 Å². The van der Waals surface area contributed by atoms with E-state index >= 15 is 0 Å². The van der Waals surface area contributed by atoms with Crippen LogP contribution in [0.1, 0.15) is 33.1 Å². The summed E-state index contributed by atoms with van der Waals surface area (Å²) in [5, 5.41) is 0. The number of carbonyl (C=O) groups excluding carboxylic acids is 1. The normalized spacial score (nSPS) is 9.83. The molecule has 0 amide bonds. The van der Waals surface area contributed by atoms with Crippen molar-refractivity contribution in [2.24, 2.45) is 0 Å². The summed E-state index contributed by atoms with van der Waals surface area (Å²) in [6, 6.07) is 0. The molecule has 0 heterocycles. The molecule has 0 aromatic rings. The molecule has 2 nitrogen and oxygen atoms in total. The van der Waals surface area contributed by atoms with Gasteiger partial charge in [0, 0.05) is 12.8 Å². The Bertz CT molecular complexity index is 165. The van der Waals surface area contributed by atoms with Crippen molar-refractivity contribution in [3.8, 4) is 12.3 Å². The van der Waals surface area contributed by atoms with E-state index in [0.717, 1.165) is 6.42 Å². The first-order chi connectivity index (χ1) is 5.66. The van der Waals surface area contributed by atoms with Crippen LogP contribution in [0.25, 0.3) is 0 Å². The minimum atomic E-state index is 0.126. The van der Waals surface area contributed by atoms with Gasteiger partial charge in [-0.2, -0.15) is 0 Å². The first-order valence-corrected chi connectivity index (χ1v) is 4.23. The Morgan fingerprint density at radius 2 is 2.25 bits per heavy atom. The summed E-state index contributed by atoms with van der Waals surface area (Å²) in [4.78, 5) is 11.0. The quantitative estimate of drug-likeness (QED) is 0.446. The molecular formula is C10H16O2. The molecule has 0 aliphatic heterocycles. The maximum atomic E-state index is 11.0. The third kappa shape index (κ3) is 7.30. The predicted octanol–water partition coefficient (Wildman–Crippen LogP) is 1.78. The van der Waals surface area contributed by atoms with Crippen LogP contribution in [0, 0.1) is 12.3 Å². The minimum absolute atomic E-state index is 0.126. The van der Waals surface area contributed by atoms with Crippen LogP contribution in [0.15, 0.2) is 0 Å². The molecule has 12 heavy (non-hydrogen) atoms. The number of ketones is 1. The number of hydrogen-bond donors (Lipinski definition) is 0. The summed E-state index contributed by atoms with van der Waals surface area (Å²) in [6.07, 6.45) is 7.16. The summed E-state index contributed by atoms with van der Waals surface area (Å²) >= 11 is 0. The Morgan fingerprint density at radius 3 is 2.75 bits per heavy atom. The van der Waals surface area contributed by atoms with Crippen LogP contribution in [0.2, 0.25) is 0 Å². The van der Waals surface area contributed by atoms with Gasteiger partial charge >= 0.3 is 0 Å². The average Bonchev–Trinajstić information content (AvgIpc) is 2.01. The van der Waals surface area contributed by atoms with E-state index in [1.807, 2.05) is 13.8 Å². The lowest BCUT2D eigenvalue weighted by atomic mass is 10.2. The second kappa shape index (κ2) is 6.87. The van der Waals surface area contributed by atoms with Crippen LogP contribution in [-0.4, -0.2) is 18.5 Å². The molecule has 0 saturated carbocycles. The van der Waals surface area contributed by atoms with E-state index in [-0.39, 0.29) is 18.5 Å². The SMILES string of the molecule is C#CCCCC(=O)COC(C)C. The van der Waals surface area contributed by atoms with Crippen LogP contribution in [0.4, 0.5) is 0 Å². The Labute approximate surface area is 74.3 Å². The molecule has 2 heteroatoms. The number of unbranched alkanes of at least 4 members (excludes halogenated alkanes) is 1. The minimum Gasteiger partial charge on any atom is -0.371 e. The molecule has 0 atom stereocenters. The number of Topliss-reactive ketones (excluding diaryl/α,β-unsaturated/α-hetero) is 1. The maximum absolute atomic E-state index is 11.0. The highest BCUT2D eigenvalue weighted by molar-refractivity contribution is 5.79. The molecule has 0 aromatic heterocycles. The highest BCUT2D eigenvalue weighted by Gasteiger charge is 2.02. The van der Waals surface area contributed by atoms with Crippen molar-refractivity contribution in [1.29, 1.82) is 0 Å². The van der Waals surface area contributed by atoms with Crippen molar-refractivity contribution in [2.45, 2.75) is 39.2 Å². The molecule has 68 valence electrons. The van der Waals surface area contributed by atoms with Gasteiger partial charge in [0.05, 0.1) is 6.10 Å². The third-order valence-electron chi connectivity index (χ3n) is 1.35. The zero-order chi connectivity index (χ0) is 9.40. The largest absolute Gasteiger partial charge is 0.371 e. The van der Waals surface area contributed by atoms with E-state index in [2.05, 4.69) is 5.92 Å². The second-order valence-corrected chi connectivity index (χ2v) is 2.96. The lowest BCUT2D eigenvalue weighted by Crippen LogP contribution is -2.12. The third-order valence-corrected chi connectivity index (χ3v) is 1.35. The Kier molecular flexibility index (Phi) is 6.41. The molecule has 0 N–H and O–H groups in total. The highest BCUT2D eigenvalue weighted by Crippen LogP contribution is 1.97. The van der Waals surface area contributed by atoms with Crippen LogP contribution in [0.3, 0.4) is 0 Å². The highest BCUT2D eigenvalue weighted by atomic mass is 16.5. The van der Waals surface area contributed by atoms with Crippen LogP contribution >= 0.6 is 0 Å². The maximum Gasteiger partial charge on any atom is 0.158 e. The van der Waals surface area contributed by atoms with Gasteiger partial charge in [0.25, 0.3) is 0 Å². The number of hydrogen-bond acceptors (Lipinski definition) is 2. The van der Waals surface area contributed by atoms with Crippen LogP contribution < -0.4 is 0 Å². The number of carbonyl (C=O) groups is 1. The van der Waals surface area contributed by atoms with E-state index < -0.39 is 0 Å². The molecule has 0 rings (SSSR count). The van der Waals surface area contributed by atoms with Gasteiger partial charge in [0.15, 0.2) is 5.78 Å². The van der Waals surface area contributed by atoms with Crippen LogP contribution in [-0.2, 0) is 9.53 Å². The van der Waals surface area contributed by atoms with Crippen molar-refractivity contribution < 1.29 is 9.53 Å². The van der Waals surface area contributed by atoms with Gasteiger partial charge < -0.3 is 4.74 Å². The standard InChI is InChI=1S/C10H16O2/c1-4-5-6-7-10(11)8-12-9(2)3/h1,9H,5-8H2,2-3H3. The monoisotopic (exact) mass is 168 g/mol. The van der Waals surface area contributed by atoms with E-state index in [1.54, 1.807) is 0 Å². The molecule has 0 radical (unpaired) electrons. The van der Waals surface area contributed by atoms with Crippen molar-refractivity contribution >= 4 is 5.78 Å². The summed E-state index contributed by atoms with van der Waals surface area (Å²) in [7, 11) is 0. The summed E-state index contributed by atoms with van der Waals surface area (Å²) in [5.41, 5.74) is 0. The van der Waals surface area contributed by atoms with E-state index in [4.69, 9.17) is 11.2 Å². The lowest BCUT2D eigenvalue weighted by molar-refractivity contribution is -0.125. The molecular weight excluding hydrogens is 152 g/mol. The Balaban J connectivity index is 3.29. The van der Waals surface area contributed by atoms with E-state index in [1.165, 1.54) is 0 Å². The fourth-order valence-electron chi connectivity index (χ4n) is 0.719. The smallest absolute Gasteiger partial charge is 0.158 e. The molecule has 0 aliphatic rings. The zero-order valence-electron chi connectivity index (χ0n) is 7.80. The zero-order valence-corrected chi connectivity index (χ0v) is 7.80. The van der Waals surface area contributed by atoms with Gasteiger partial charge in [-0.15, -0.1) is 12.3 Å². The molecule has 0 unspecified atom stereocenters. The van der Waals surface area contributed by atoms with Gasteiger partial charge in [0.1, 0.15) is 6.61 Å². The average molecular weight is 168 g/mol. The van der Waals surface area contributed by atoms with Crippen LogP contribution in [0.5, 0.6) is 0 Å². The van der Waals surface area contributed by atoms with Crippen molar-refractivity contribution in [3.05, 3.63) is 0 Å². The van der Waals surface area contributed by atoms with Gasteiger partial charge in [-0.3, -0.25) is 4.79 Å². The van der Waals surface area contributed by atoms with Gasteiger partial charge in [-0.05, 0) is 20.3 Å². The van der Waals surface area contributed by atoms with Crippen molar-refractivity contribution in [1.82, 2.24) is 0 Å². The number of terminal acetylenes is 1. The molecule has 0 fully saturated rings. The Morgan fingerprint density at radius 1 is 1.58 bits per heavy atom. The van der Waals surface area contributed by atoms with Crippen molar-refractivity contribution in [2.75, 3.05) is 6.61 Å². The summed E-state index contributed by atoms with van der Waals surface area (Å²) < 4.78 is 5.13. The second-order valence-electron chi connectivity index (χ2n) is 2.96. The number of rotatable bonds is 6.